The maximum absolute atomic E-state index is 12.5. The Morgan fingerprint density at radius 2 is 1.76 bits per heavy atom. The van der Waals surface area contributed by atoms with E-state index < -0.39 is 10.0 Å². The molecular formula is C18H18BrN3O2S. The summed E-state index contributed by atoms with van der Waals surface area (Å²) in [6, 6.07) is 11.2. The van der Waals surface area contributed by atoms with Gasteiger partial charge in [0.15, 0.2) is 0 Å². The second-order valence-electron chi connectivity index (χ2n) is 6.13. The third-order valence-corrected chi connectivity index (χ3v) is 5.93. The van der Waals surface area contributed by atoms with Crippen LogP contribution < -0.4 is 5.32 Å². The van der Waals surface area contributed by atoms with Crippen molar-refractivity contribution in [1.29, 1.82) is 0 Å². The van der Waals surface area contributed by atoms with Crippen LogP contribution in [0.25, 0.3) is 4.91 Å². The Balaban J connectivity index is 1.96. The third-order valence-electron chi connectivity index (χ3n) is 3.98. The second-order valence-corrected chi connectivity index (χ2v) is 8.59. The molecule has 0 saturated carbocycles. The number of aromatic nitrogens is 1. The quantitative estimate of drug-likeness (QED) is 0.791. The molecule has 3 rings (SSSR count). The number of hydrogen-bond donors (Lipinski definition) is 1. The van der Waals surface area contributed by atoms with Gasteiger partial charge in [0, 0.05) is 16.2 Å². The Morgan fingerprint density at radius 3 is 2.32 bits per heavy atom. The number of benzene rings is 1. The summed E-state index contributed by atoms with van der Waals surface area (Å²) in [6.45, 7) is 5.95. The number of amidine groups is 1. The number of rotatable bonds is 3. The van der Waals surface area contributed by atoms with Crippen LogP contribution in [-0.2, 0) is 10.0 Å². The first-order chi connectivity index (χ1) is 11.8. The molecule has 1 aliphatic heterocycles. The van der Waals surface area contributed by atoms with Crippen LogP contribution in [0, 0.1) is 0 Å². The molecule has 0 unspecified atom stereocenters. The van der Waals surface area contributed by atoms with E-state index in [-0.39, 0.29) is 4.91 Å². The third kappa shape index (κ3) is 3.67. The largest absolute Gasteiger partial charge is 0.324 e. The highest BCUT2D eigenvalue weighted by molar-refractivity contribution is 9.10. The fourth-order valence-electron chi connectivity index (χ4n) is 2.61. The van der Waals surface area contributed by atoms with Gasteiger partial charge in [-0.1, -0.05) is 38.1 Å². The summed E-state index contributed by atoms with van der Waals surface area (Å²) in [7, 11) is -3.73. The van der Waals surface area contributed by atoms with Crippen molar-refractivity contribution in [3.8, 4) is 0 Å². The first-order valence-corrected chi connectivity index (χ1v) is 10.1. The van der Waals surface area contributed by atoms with Gasteiger partial charge in [-0.05, 0) is 52.0 Å². The van der Waals surface area contributed by atoms with Gasteiger partial charge in [0.2, 0.25) is 0 Å². The van der Waals surface area contributed by atoms with Gasteiger partial charge in [-0.2, -0.15) is 8.42 Å². The van der Waals surface area contributed by atoms with E-state index in [0.717, 1.165) is 10.0 Å². The van der Waals surface area contributed by atoms with Gasteiger partial charge in [0.1, 0.15) is 16.6 Å². The first kappa shape index (κ1) is 17.8. The van der Waals surface area contributed by atoms with Crippen molar-refractivity contribution in [2.75, 3.05) is 5.32 Å². The van der Waals surface area contributed by atoms with Crippen LogP contribution in [0.3, 0.4) is 0 Å². The minimum atomic E-state index is -3.73. The fraction of sp³-hybridized carbons (Fsp3) is 0.222. The average molecular weight is 420 g/mol. The van der Waals surface area contributed by atoms with Crippen molar-refractivity contribution in [2.45, 2.75) is 26.7 Å². The first-order valence-electron chi connectivity index (χ1n) is 7.83. The number of nitrogens with one attached hydrogen (secondary N) is 1. The topological polar surface area (TPSA) is 71.4 Å². The molecule has 0 bridgehead atoms. The molecule has 0 aliphatic carbocycles. The summed E-state index contributed by atoms with van der Waals surface area (Å²) in [5.41, 5.74) is 2.39. The molecule has 25 heavy (non-hydrogen) atoms. The number of nitrogens with zero attached hydrogens (tertiary/aromatic N) is 2. The van der Waals surface area contributed by atoms with Gasteiger partial charge in [-0.3, -0.25) is 0 Å². The maximum Gasteiger partial charge on any atom is 0.285 e. The van der Waals surface area contributed by atoms with E-state index in [1.165, 1.54) is 0 Å². The van der Waals surface area contributed by atoms with Gasteiger partial charge in [-0.25, -0.2) is 4.98 Å². The predicted molar refractivity (Wildman–Crippen MR) is 105 cm³/mol. The molecule has 0 atom stereocenters. The van der Waals surface area contributed by atoms with Crippen molar-refractivity contribution in [2.24, 2.45) is 4.40 Å². The van der Waals surface area contributed by atoms with Crippen LogP contribution in [-0.4, -0.2) is 19.2 Å². The zero-order chi connectivity index (χ0) is 18.2. The van der Waals surface area contributed by atoms with E-state index in [4.69, 9.17) is 0 Å². The standard InChI is InChI=1S/C18H18BrN3O2S/c1-11(2)13-4-6-14(7-5-13)17-12(3)18(22-25(17,23)24)21-16-9-8-15(19)10-20-16/h4-11H,1-3H3,(H,20,21,22). The number of sulfonamides is 1. The lowest BCUT2D eigenvalue weighted by Crippen LogP contribution is -2.12. The van der Waals surface area contributed by atoms with Crippen LogP contribution in [0.4, 0.5) is 5.82 Å². The summed E-state index contributed by atoms with van der Waals surface area (Å²) in [5.74, 6) is 1.23. The highest BCUT2D eigenvalue weighted by Gasteiger charge is 2.31. The molecule has 1 aliphatic rings. The summed E-state index contributed by atoms with van der Waals surface area (Å²) in [5, 5.41) is 2.98. The monoisotopic (exact) mass is 419 g/mol. The summed E-state index contributed by atoms with van der Waals surface area (Å²) >= 11 is 3.32. The predicted octanol–water partition coefficient (Wildman–Crippen LogP) is 4.55. The van der Waals surface area contributed by atoms with Crippen molar-refractivity contribution in [3.63, 3.8) is 0 Å². The summed E-state index contributed by atoms with van der Waals surface area (Å²) in [6.07, 6.45) is 1.64. The fourth-order valence-corrected chi connectivity index (χ4v) is 4.27. The highest BCUT2D eigenvalue weighted by Crippen LogP contribution is 2.33. The lowest BCUT2D eigenvalue weighted by molar-refractivity contribution is 0.608. The molecule has 130 valence electrons. The van der Waals surface area contributed by atoms with E-state index >= 15 is 0 Å². The minimum absolute atomic E-state index is 0.238. The zero-order valence-corrected chi connectivity index (χ0v) is 16.5. The molecular weight excluding hydrogens is 402 g/mol. The average Bonchev–Trinajstić information content (AvgIpc) is 2.78. The number of pyridine rings is 1. The van der Waals surface area contributed by atoms with Gasteiger partial charge in [0.25, 0.3) is 10.0 Å². The van der Waals surface area contributed by atoms with Crippen LogP contribution in [0.1, 0.15) is 37.8 Å². The van der Waals surface area contributed by atoms with Gasteiger partial charge in [0.05, 0.1) is 0 Å². The van der Waals surface area contributed by atoms with Crippen molar-refractivity contribution in [3.05, 3.63) is 63.8 Å². The van der Waals surface area contributed by atoms with Crippen molar-refractivity contribution in [1.82, 2.24) is 4.98 Å². The van der Waals surface area contributed by atoms with Gasteiger partial charge >= 0.3 is 0 Å². The van der Waals surface area contributed by atoms with E-state index in [9.17, 15) is 8.42 Å². The Morgan fingerprint density at radius 1 is 1.08 bits per heavy atom. The SMILES string of the molecule is CC1=C(c2ccc(C(C)C)cc2)S(=O)(=O)N=C1Nc1ccc(Br)cn1. The smallest absolute Gasteiger partial charge is 0.285 e. The Bertz CT molecular complexity index is 960. The van der Waals surface area contributed by atoms with Gasteiger partial charge < -0.3 is 5.32 Å². The maximum atomic E-state index is 12.5. The Hall–Kier alpha value is -1.99. The molecule has 1 N–H and O–H groups in total. The number of anilines is 1. The molecule has 0 saturated heterocycles. The molecule has 1 aromatic heterocycles. The Kier molecular flexibility index (Phi) is 4.79. The summed E-state index contributed by atoms with van der Waals surface area (Å²) in [4.78, 5) is 4.43. The molecule has 0 fully saturated rings. The van der Waals surface area contributed by atoms with Crippen LogP contribution in [0.2, 0.25) is 0 Å². The van der Waals surface area contributed by atoms with E-state index in [2.05, 4.69) is 44.5 Å². The van der Waals surface area contributed by atoms with Crippen LogP contribution in [0.15, 0.2) is 57.0 Å². The lowest BCUT2D eigenvalue weighted by atomic mass is 10.0. The lowest BCUT2D eigenvalue weighted by Gasteiger charge is -2.08. The van der Waals surface area contributed by atoms with Crippen molar-refractivity contribution >= 4 is 42.5 Å². The summed E-state index contributed by atoms with van der Waals surface area (Å²) < 4.78 is 29.8. The normalized spacial score (nSPS) is 16.3. The highest BCUT2D eigenvalue weighted by atomic mass is 79.9. The number of halogens is 1. The molecule has 1 aromatic carbocycles. The van der Waals surface area contributed by atoms with Gasteiger partial charge in [-0.15, -0.1) is 4.40 Å². The van der Waals surface area contributed by atoms with E-state index in [0.29, 0.717) is 28.7 Å². The minimum Gasteiger partial charge on any atom is -0.324 e. The van der Waals surface area contributed by atoms with Crippen LogP contribution >= 0.6 is 15.9 Å². The number of hydrogen-bond acceptors (Lipinski definition) is 4. The van der Waals surface area contributed by atoms with E-state index in [1.54, 1.807) is 19.2 Å². The van der Waals surface area contributed by atoms with Crippen molar-refractivity contribution < 1.29 is 8.42 Å². The molecule has 2 aromatic rings. The molecule has 0 amide bonds. The Labute approximate surface area is 156 Å². The molecule has 7 heteroatoms. The molecule has 2 heterocycles. The molecule has 0 radical (unpaired) electrons. The second kappa shape index (κ2) is 6.72. The molecule has 5 nitrogen and oxygen atoms in total. The van der Waals surface area contributed by atoms with Crippen LogP contribution in [0.5, 0.6) is 0 Å². The van der Waals surface area contributed by atoms with E-state index in [1.807, 2.05) is 30.3 Å². The zero-order valence-electron chi connectivity index (χ0n) is 14.1. The molecule has 0 spiro atoms.